The minimum absolute atomic E-state index is 0.0120. The third-order valence-electron chi connectivity index (χ3n) is 4.42. The fraction of sp³-hybridized carbons (Fsp3) is 0.278. The van der Waals surface area contributed by atoms with E-state index in [0.717, 1.165) is 17.7 Å². The van der Waals surface area contributed by atoms with Crippen LogP contribution in [0.3, 0.4) is 0 Å². The largest absolute Gasteiger partial charge is 0.337 e. The van der Waals surface area contributed by atoms with Crippen LogP contribution in [0.15, 0.2) is 47.5 Å². The van der Waals surface area contributed by atoms with Gasteiger partial charge in [0.25, 0.3) is 11.5 Å². The molecule has 1 aliphatic rings. The molecule has 0 aliphatic carbocycles. The van der Waals surface area contributed by atoms with Crippen LogP contribution in [-0.2, 0) is 6.42 Å². The monoisotopic (exact) mass is 354 g/mol. The highest BCUT2D eigenvalue weighted by Gasteiger charge is 2.27. The predicted octanol–water partition coefficient (Wildman–Crippen LogP) is 1.52. The molecule has 2 aromatic heterocycles. The minimum Gasteiger partial charge on any atom is -0.337 e. The Labute approximate surface area is 148 Å². The van der Waals surface area contributed by atoms with E-state index in [4.69, 9.17) is 5.73 Å². The van der Waals surface area contributed by atoms with E-state index in [2.05, 4.69) is 4.98 Å². The van der Waals surface area contributed by atoms with Gasteiger partial charge in [0, 0.05) is 42.8 Å². The Bertz CT molecular complexity index is 980. The summed E-state index contributed by atoms with van der Waals surface area (Å²) in [5.41, 5.74) is 6.82. The summed E-state index contributed by atoms with van der Waals surface area (Å²) in [5, 5.41) is 0. The number of nitrogens with two attached hydrogens (primary N) is 1. The van der Waals surface area contributed by atoms with Gasteiger partial charge in [0.2, 0.25) is 0 Å². The van der Waals surface area contributed by atoms with Crippen molar-refractivity contribution < 1.29 is 4.79 Å². The number of rotatable bonds is 3. The first-order valence-corrected chi connectivity index (χ1v) is 9.02. The van der Waals surface area contributed by atoms with Crippen molar-refractivity contribution in [1.29, 1.82) is 0 Å². The van der Waals surface area contributed by atoms with Crippen molar-refractivity contribution in [3.63, 3.8) is 0 Å². The molecule has 6 nitrogen and oxygen atoms in total. The van der Waals surface area contributed by atoms with Crippen LogP contribution in [0.4, 0.5) is 0 Å². The van der Waals surface area contributed by atoms with Crippen LogP contribution in [0.5, 0.6) is 0 Å². The van der Waals surface area contributed by atoms with Crippen molar-refractivity contribution in [3.05, 3.63) is 69.1 Å². The van der Waals surface area contributed by atoms with Crippen molar-refractivity contribution in [1.82, 2.24) is 14.3 Å². The van der Waals surface area contributed by atoms with Crippen molar-refractivity contribution in [3.8, 4) is 0 Å². The molecular weight excluding hydrogens is 336 g/mol. The summed E-state index contributed by atoms with van der Waals surface area (Å²) in [6, 6.07) is 10.0. The Morgan fingerprint density at radius 2 is 2.12 bits per heavy atom. The van der Waals surface area contributed by atoms with E-state index in [1.54, 1.807) is 11.1 Å². The number of benzene rings is 1. The van der Waals surface area contributed by atoms with Crippen LogP contribution in [0.2, 0.25) is 0 Å². The molecule has 3 aromatic rings. The topological polar surface area (TPSA) is 80.7 Å². The van der Waals surface area contributed by atoms with Crippen LogP contribution in [0.1, 0.15) is 27.2 Å². The van der Waals surface area contributed by atoms with Gasteiger partial charge in [-0.1, -0.05) is 30.3 Å². The first-order chi connectivity index (χ1) is 12.1. The van der Waals surface area contributed by atoms with Crippen LogP contribution in [-0.4, -0.2) is 39.3 Å². The zero-order chi connectivity index (χ0) is 17.4. The summed E-state index contributed by atoms with van der Waals surface area (Å²) in [6.45, 7) is 1.08. The van der Waals surface area contributed by atoms with Crippen LogP contribution >= 0.6 is 11.3 Å². The Hall–Kier alpha value is -2.51. The number of carbonyl (C=O) groups excluding carboxylic acids is 1. The van der Waals surface area contributed by atoms with Crippen molar-refractivity contribution in [2.45, 2.75) is 18.9 Å². The number of hydrogen-bond donors (Lipinski definition) is 1. The molecule has 0 spiro atoms. The van der Waals surface area contributed by atoms with Gasteiger partial charge in [0.15, 0.2) is 4.96 Å². The van der Waals surface area contributed by atoms with Gasteiger partial charge in [-0.25, -0.2) is 4.98 Å². The number of amides is 1. The highest BCUT2D eigenvalue weighted by Crippen LogP contribution is 2.19. The summed E-state index contributed by atoms with van der Waals surface area (Å²) in [6.07, 6.45) is 4.68. The first-order valence-electron chi connectivity index (χ1n) is 8.20. The van der Waals surface area contributed by atoms with E-state index in [0.29, 0.717) is 18.1 Å². The van der Waals surface area contributed by atoms with Gasteiger partial charge in [-0.2, -0.15) is 0 Å². The molecule has 2 N–H and O–H groups in total. The second-order valence-electron chi connectivity index (χ2n) is 6.29. The molecule has 4 rings (SSSR count). The number of thiazole rings is 1. The van der Waals surface area contributed by atoms with E-state index < -0.39 is 0 Å². The fourth-order valence-corrected chi connectivity index (χ4v) is 4.07. The van der Waals surface area contributed by atoms with E-state index in [1.807, 2.05) is 30.3 Å². The zero-order valence-electron chi connectivity index (χ0n) is 13.6. The van der Waals surface area contributed by atoms with Crippen LogP contribution in [0.25, 0.3) is 4.96 Å². The molecule has 1 atom stereocenters. The van der Waals surface area contributed by atoms with Crippen LogP contribution in [0, 0.1) is 0 Å². The molecule has 1 saturated heterocycles. The second-order valence-corrected chi connectivity index (χ2v) is 7.38. The third kappa shape index (κ3) is 3.08. The maximum absolute atomic E-state index is 12.7. The van der Waals surface area contributed by atoms with E-state index >= 15 is 0 Å². The number of likely N-dealkylation sites (tertiary alicyclic amines) is 1. The van der Waals surface area contributed by atoms with Gasteiger partial charge in [-0.15, -0.1) is 11.3 Å². The molecule has 0 unspecified atom stereocenters. The lowest BCUT2D eigenvalue weighted by atomic mass is 10.1. The summed E-state index contributed by atoms with van der Waals surface area (Å²) in [7, 11) is 0. The highest BCUT2D eigenvalue weighted by atomic mass is 32.1. The number of aromatic nitrogens is 2. The SMILES string of the molecule is N[C@H]1CCN(C(=O)c2cnc3sc(Cc4ccccc4)cn3c2=O)C1. The van der Waals surface area contributed by atoms with Crippen molar-refractivity contribution >= 4 is 22.2 Å². The highest BCUT2D eigenvalue weighted by molar-refractivity contribution is 7.17. The number of carbonyl (C=O) groups is 1. The Kier molecular flexibility index (Phi) is 4.10. The average molecular weight is 354 g/mol. The lowest BCUT2D eigenvalue weighted by molar-refractivity contribution is 0.0788. The fourth-order valence-electron chi connectivity index (χ4n) is 3.10. The third-order valence-corrected chi connectivity index (χ3v) is 5.41. The second kappa shape index (κ2) is 6.42. The molecule has 1 fully saturated rings. The smallest absolute Gasteiger partial charge is 0.271 e. The Morgan fingerprint density at radius 1 is 1.32 bits per heavy atom. The van der Waals surface area contributed by atoms with Gasteiger partial charge in [-0.05, 0) is 12.0 Å². The van der Waals surface area contributed by atoms with Crippen molar-refractivity contribution in [2.24, 2.45) is 5.73 Å². The summed E-state index contributed by atoms with van der Waals surface area (Å²) < 4.78 is 1.48. The Balaban J connectivity index is 1.66. The van der Waals surface area contributed by atoms with Crippen molar-refractivity contribution in [2.75, 3.05) is 13.1 Å². The predicted molar refractivity (Wildman–Crippen MR) is 97.1 cm³/mol. The molecule has 1 aliphatic heterocycles. The van der Waals surface area contributed by atoms with E-state index in [1.165, 1.54) is 27.5 Å². The summed E-state index contributed by atoms with van der Waals surface area (Å²) in [5.74, 6) is -0.282. The normalized spacial score (nSPS) is 17.3. The molecule has 0 radical (unpaired) electrons. The number of nitrogens with zero attached hydrogens (tertiary/aromatic N) is 3. The summed E-state index contributed by atoms with van der Waals surface area (Å²) >= 11 is 1.47. The Morgan fingerprint density at radius 3 is 2.84 bits per heavy atom. The molecule has 7 heteroatoms. The molecular formula is C18H18N4O2S. The van der Waals surface area contributed by atoms with Gasteiger partial charge >= 0.3 is 0 Å². The maximum atomic E-state index is 12.7. The molecule has 128 valence electrons. The average Bonchev–Trinajstić information content (AvgIpc) is 3.22. The van der Waals surface area contributed by atoms with Gasteiger partial charge < -0.3 is 10.6 Å². The lowest BCUT2D eigenvalue weighted by Crippen LogP contribution is -2.35. The first kappa shape index (κ1) is 16.0. The maximum Gasteiger partial charge on any atom is 0.271 e. The molecule has 25 heavy (non-hydrogen) atoms. The zero-order valence-corrected chi connectivity index (χ0v) is 14.4. The minimum atomic E-state index is -0.314. The molecule has 0 bridgehead atoms. The standard InChI is InChI=1S/C18H18N4O2S/c19-13-6-7-21(10-13)16(23)15-9-20-18-22(17(15)24)11-14(25-18)8-12-4-2-1-3-5-12/h1-5,9,11,13H,6-8,10,19H2/t13-/m0/s1. The van der Waals surface area contributed by atoms with E-state index in [9.17, 15) is 9.59 Å². The van der Waals surface area contributed by atoms with Crippen LogP contribution < -0.4 is 11.3 Å². The van der Waals surface area contributed by atoms with Gasteiger partial charge in [0.05, 0.1) is 0 Å². The summed E-state index contributed by atoms with van der Waals surface area (Å²) in [4.78, 5) is 32.9. The molecule has 3 heterocycles. The van der Waals surface area contributed by atoms with E-state index in [-0.39, 0.29) is 23.1 Å². The quantitative estimate of drug-likeness (QED) is 0.773. The van der Waals surface area contributed by atoms with Gasteiger partial charge in [-0.3, -0.25) is 14.0 Å². The molecule has 1 aromatic carbocycles. The lowest BCUT2D eigenvalue weighted by Gasteiger charge is -2.14. The number of fused-ring (bicyclic) bond motifs is 1. The molecule has 1 amide bonds. The molecule has 0 saturated carbocycles. The number of hydrogen-bond acceptors (Lipinski definition) is 5. The van der Waals surface area contributed by atoms with Gasteiger partial charge in [0.1, 0.15) is 5.56 Å².